The van der Waals surface area contributed by atoms with E-state index >= 15 is 0 Å². The van der Waals surface area contributed by atoms with Crippen molar-refractivity contribution < 1.29 is 27.1 Å². The van der Waals surface area contributed by atoms with Crippen LogP contribution >= 0.6 is 0 Å². The molecule has 9 heteroatoms. The summed E-state index contributed by atoms with van der Waals surface area (Å²) < 4.78 is 46.4. The molecule has 1 aromatic heterocycles. The molecule has 2 aromatic carbocycles. The summed E-state index contributed by atoms with van der Waals surface area (Å²) in [5, 5.41) is 10.1. The summed E-state index contributed by atoms with van der Waals surface area (Å²) in [4.78, 5) is 12.1. The molecular formula is C19H14F3N3O3. The molecule has 0 bridgehead atoms. The van der Waals surface area contributed by atoms with E-state index in [4.69, 9.17) is 4.42 Å². The van der Waals surface area contributed by atoms with E-state index in [2.05, 4.69) is 20.3 Å². The van der Waals surface area contributed by atoms with E-state index in [1.165, 1.54) is 30.7 Å². The molecule has 0 fully saturated rings. The average molecular weight is 389 g/mol. The first-order valence-corrected chi connectivity index (χ1v) is 8.03. The normalized spacial score (nSPS) is 11.6. The Kier molecular flexibility index (Phi) is 5.44. The molecule has 0 saturated carbocycles. The van der Waals surface area contributed by atoms with Crippen LogP contribution in [0.5, 0.6) is 5.75 Å². The van der Waals surface area contributed by atoms with Gasteiger partial charge in [0.15, 0.2) is 0 Å². The largest absolute Gasteiger partial charge is 0.573 e. The van der Waals surface area contributed by atoms with Crippen LogP contribution in [0.25, 0.3) is 17.5 Å². The van der Waals surface area contributed by atoms with Crippen molar-refractivity contribution >= 4 is 17.7 Å². The molecule has 0 aliphatic heterocycles. The number of ether oxygens (including phenoxy) is 1. The Labute approximate surface area is 157 Å². The van der Waals surface area contributed by atoms with Gasteiger partial charge >= 0.3 is 6.36 Å². The monoisotopic (exact) mass is 389 g/mol. The summed E-state index contributed by atoms with van der Waals surface area (Å²) in [7, 11) is 0. The van der Waals surface area contributed by atoms with Crippen LogP contribution in [0.3, 0.4) is 0 Å². The number of benzene rings is 2. The maximum atomic E-state index is 12.4. The van der Waals surface area contributed by atoms with Crippen LogP contribution in [0.15, 0.2) is 59.4 Å². The van der Waals surface area contributed by atoms with Crippen molar-refractivity contribution in [3.63, 3.8) is 0 Å². The van der Waals surface area contributed by atoms with Crippen molar-refractivity contribution in [2.24, 2.45) is 0 Å². The highest BCUT2D eigenvalue weighted by Crippen LogP contribution is 2.27. The SMILES string of the molecule is Cc1cc(-c2nnco2)ccc1NC(=O)/C=C\c1ccccc1OC(F)(F)F. The van der Waals surface area contributed by atoms with Crippen molar-refractivity contribution in [3.8, 4) is 17.2 Å². The van der Waals surface area contributed by atoms with Gasteiger partial charge in [0.25, 0.3) is 0 Å². The molecule has 1 amide bonds. The lowest BCUT2D eigenvalue weighted by atomic mass is 10.1. The van der Waals surface area contributed by atoms with E-state index in [1.54, 1.807) is 31.2 Å². The van der Waals surface area contributed by atoms with Gasteiger partial charge in [0, 0.05) is 22.9 Å². The number of alkyl halides is 3. The molecule has 0 unspecified atom stereocenters. The third kappa shape index (κ3) is 4.97. The fourth-order valence-corrected chi connectivity index (χ4v) is 2.41. The summed E-state index contributed by atoms with van der Waals surface area (Å²) in [6.45, 7) is 1.78. The number of aryl methyl sites for hydroxylation is 1. The van der Waals surface area contributed by atoms with Crippen molar-refractivity contribution in [1.82, 2.24) is 10.2 Å². The van der Waals surface area contributed by atoms with E-state index in [0.717, 1.165) is 11.6 Å². The van der Waals surface area contributed by atoms with Crippen molar-refractivity contribution in [2.75, 3.05) is 5.32 Å². The summed E-state index contributed by atoms with van der Waals surface area (Å²) in [5.41, 5.74) is 2.11. The standard InChI is InChI=1S/C19H14F3N3O3/c1-12-10-14(18-25-23-11-27-18)6-8-15(12)24-17(26)9-7-13-4-2-3-5-16(13)28-19(20,21)22/h2-11H,1H3,(H,24,26)/b9-7-. The molecule has 3 aromatic rings. The van der Waals surface area contributed by atoms with E-state index < -0.39 is 12.3 Å². The summed E-state index contributed by atoms with van der Waals surface area (Å²) in [5.74, 6) is -0.545. The number of nitrogens with zero attached hydrogens (tertiary/aromatic N) is 2. The Morgan fingerprint density at radius 2 is 2.00 bits per heavy atom. The van der Waals surface area contributed by atoms with Gasteiger partial charge in [0.1, 0.15) is 5.75 Å². The zero-order valence-electron chi connectivity index (χ0n) is 14.5. The number of halogens is 3. The number of para-hydroxylation sites is 1. The Hall–Kier alpha value is -3.62. The molecule has 144 valence electrons. The first kappa shape index (κ1) is 19.2. The Bertz CT molecular complexity index is 999. The lowest BCUT2D eigenvalue weighted by molar-refractivity contribution is -0.274. The quantitative estimate of drug-likeness (QED) is 0.646. The number of nitrogens with one attached hydrogen (secondary N) is 1. The number of anilines is 1. The first-order valence-electron chi connectivity index (χ1n) is 8.03. The molecule has 3 rings (SSSR count). The molecule has 1 heterocycles. The molecule has 0 aliphatic carbocycles. The highest BCUT2D eigenvalue weighted by Gasteiger charge is 2.31. The van der Waals surface area contributed by atoms with Gasteiger partial charge in [-0.05, 0) is 42.8 Å². The van der Waals surface area contributed by atoms with Gasteiger partial charge < -0.3 is 14.5 Å². The van der Waals surface area contributed by atoms with Crippen LogP contribution in [-0.4, -0.2) is 22.5 Å². The van der Waals surface area contributed by atoms with Gasteiger partial charge in [0.2, 0.25) is 18.2 Å². The highest BCUT2D eigenvalue weighted by atomic mass is 19.4. The molecular weight excluding hydrogens is 375 g/mol. The van der Waals surface area contributed by atoms with E-state index in [9.17, 15) is 18.0 Å². The second kappa shape index (κ2) is 7.95. The summed E-state index contributed by atoms with van der Waals surface area (Å²) >= 11 is 0. The third-order valence-electron chi connectivity index (χ3n) is 3.65. The second-order valence-corrected chi connectivity index (χ2v) is 5.68. The van der Waals surface area contributed by atoms with Gasteiger partial charge in [0.05, 0.1) is 0 Å². The van der Waals surface area contributed by atoms with Gasteiger partial charge in [-0.2, -0.15) is 0 Å². The van der Waals surface area contributed by atoms with Crippen LogP contribution in [0.1, 0.15) is 11.1 Å². The number of aromatic nitrogens is 2. The van der Waals surface area contributed by atoms with Crippen molar-refractivity contribution in [1.29, 1.82) is 0 Å². The van der Waals surface area contributed by atoms with Gasteiger partial charge in [-0.15, -0.1) is 23.4 Å². The van der Waals surface area contributed by atoms with Crippen LogP contribution in [-0.2, 0) is 4.79 Å². The smallest absolute Gasteiger partial charge is 0.423 e. The van der Waals surface area contributed by atoms with E-state index in [1.807, 2.05) is 0 Å². The van der Waals surface area contributed by atoms with Crippen LogP contribution in [0.4, 0.5) is 18.9 Å². The maximum absolute atomic E-state index is 12.4. The molecule has 28 heavy (non-hydrogen) atoms. The Balaban J connectivity index is 1.71. The highest BCUT2D eigenvalue weighted by molar-refractivity contribution is 6.02. The Morgan fingerprint density at radius 1 is 1.21 bits per heavy atom. The minimum Gasteiger partial charge on any atom is -0.423 e. The van der Waals surface area contributed by atoms with Crippen molar-refractivity contribution in [2.45, 2.75) is 13.3 Å². The number of hydrogen-bond donors (Lipinski definition) is 1. The number of carbonyl (C=O) groups is 1. The summed E-state index contributed by atoms with van der Waals surface area (Å²) in [6.07, 6.45) is -1.22. The fraction of sp³-hybridized carbons (Fsp3) is 0.105. The minimum atomic E-state index is -4.82. The number of rotatable bonds is 5. The lowest BCUT2D eigenvalue weighted by Gasteiger charge is -2.11. The third-order valence-corrected chi connectivity index (χ3v) is 3.65. The summed E-state index contributed by atoms with van der Waals surface area (Å²) in [6, 6.07) is 10.7. The van der Waals surface area contributed by atoms with Gasteiger partial charge in [-0.1, -0.05) is 18.2 Å². The molecule has 0 atom stereocenters. The predicted molar refractivity (Wildman–Crippen MR) is 95.3 cm³/mol. The number of hydrogen-bond acceptors (Lipinski definition) is 5. The molecule has 6 nitrogen and oxygen atoms in total. The van der Waals surface area contributed by atoms with Gasteiger partial charge in [-0.3, -0.25) is 4.79 Å². The van der Waals surface area contributed by atoms with Crippen LogP contribution < -0.4 is 10.1 Å². The van der Waals surface area contributed by atoms with Crippen LogP contribution in [0.2, 0.25) is 0 Å². The Morgan fingerprint density at radius 3 is 2.68 bits per heavy atom. The molecule has 0 spiro atoms. The molecule has 0 saturated heterocycles. The minimum absolute atomic E-state index is 0.124. The van der Waals surface area contributed by atoms with E-state index in [0.29, 0.717) is 17.1 Å². The lowest BCUT2D eigenvalue weighted by Crippen LogP contribution is -2.17. The van der Waals surface area contributed by atoms with E-state index in [-0.39, 0.29) is 11.3 Å². The topological polar surface area (TPSA) is 77.3 Å². The van der Waals surface area contributed by atoms with Crippen molar-refractivity contribution in [3.05, 3.63) is 66.1 Å². The predicted octanol–water partition coefficient (Wildman–Crippen LogP) is 4.60. The first-order chi connectivity index (χ1) is 13.3. The maximum Gasteiger partial charge on any atom is 0.573 e. The molecule has 0 aliphatic rings. The average Bonchev–Trinajstić information content (AvgIpc) is 3.16. The zero-order valence-corrected chi connectivity index (χ0v) is 14.5. The number of carbonyl (C=O) groups excluding carboxylic acids is 1. The molecule has 0 radical (unpaired) electrons. The second-order valence-electron chi connectivity index (χ2n) is 5.68. The fourth-order valence-electron chi connectivity index (χ4n) is 2.41. The van der Waals surface area contributed by atoms with Crippen LogP contribution in [0, 0.1) is 6.92 Å². The van der Waals surface area contributed by atoms with Gasteiger partial charge in [-0.25, -0.2) is 0 Å². The number of amides is 1. The molecule has 1 N–H and O–H groups in total. The zero-order chi connectivity index (χ0) is 20.1.